The summed E-state index contributed by atoms with van der Waals surface area (Å²) >= 11 is 0. The first kappa shape index (κ1) is 11.4. The molecule has 0 N–H and O–H groups in total. The quantitative estimate of drug-likeness (QED) is 0.345. The fourth-order valence-corrected chi connectivity index (χ4v) is 0.579. The molecule has 0 fully saturated rings. The number of hydrogen-bond donors (Lipinski definition) is 0. The summed E-state index contributed by atoms with van der Waals surface area (Å²) in [5.41, 5.74) is -0.128. The highest BCUT2D eigenvalue weighted by atomic mass is 16.6. The molecule has 13 heavy (non-hydrogen) atoms. The van der Waals surface area contributed by atoms with Crippen LogP contribution in [-0.4, -0.2) is 39.0 Å². The van der Waals surface area contributed by atoms with E-state index in [1.807, 2.05) is 0 Å². The summed E-state index contributed by atoms with van der Waals surface area (Å²) in [4.78, 5) is 26.0. The van der Waals surface area contributed by atoms with Crippen LogP contribution in [0.25, 0.3) is 0 Å². The molecule has 0 rings (SSSR count). The molecule has 0 heterocycles. The van der Waals surface area contributed by atoms with Crippen LogP contribution in [0.15, 0.2) is 5.16 Å². The van der Waals surface area contributed by atoms with Gasteiger partial charge >= 0.3 is 11.9 Å². The highest BCUT2D eigenvalue weighted by Gasteiger charge is 2.17. The van der Waals surface area contributed by atoms with Crippen LogP contribution in [-0.2, 0) is 23.9 Å². The third-order valence-corrected chi connectivity index (χ3v) is 1.16. The third-order valence-electron chi connectivity index (χ3n) is 1.16. The topological polar surface area (TPSA) is 74.2 Å². The van der Waals surface area contributed by atoms with E-state index in [-0.39, 0.29) is 12.1 Å². The van der Waals surface area contributed by atoms with Gasteiger partial charge in [0.1, 0.15) is 7.11 Å². The van der Waals surface area contributed by atoms with Gasteiger partial charge < -0.3 is 14.3 Å². The maximum Gasteiger partial charge on any atom is 0.356 e. The smallest absolute Gasteiger partial charge is 0.356 e. The van der Waals surface area contributed by atoms with Crippen LogP contribution in [0.1, 0.15) is 6.42 Å². The largest absolute Gasteiger partial charge is 0.469 e. The fourth-order valence-electron chi connectivity index (χ4n) is 0.579. The second-order valence-electron chi connectivity index (χ2n) is 1.97. The number of methoxy groups -OCH3 is 2. The Morgan fingerprint density at radius 2 is 1.77 bits per heavy atom. The Bertz CT molecular complexity index is 223. The first-order chi connectivity index (χ1) is 6.15. The highest BCUT2D eigenvalue weighted by Crippen LogP contribution is 1.93. The van der Waals surface area contributed by atoms with Gasteiger partial charge in [0, 0.05) is 0 Å². The van der Waals surface area contributed by atoms with E-state index in [0.717, 1.165) is 0 Å². The Kier molecular flexibility index (Phi) is 5.25. The average molecular weight is 189 g/mol. The van der Waals surface area contributed by atoms with Gasteiger partial charge in [-0.05, 0) is 0 Å². The van der Waals surface area contributed by atoms with Gasteiger partial charge in [0.25, 0.3) is 0 Å². The van der Waals surface area contributed by atoms with E-state index in [4.69, 9.17) is 0 Å². The zero-order chi connectivity index (χ0) is 10.3. The van der Waals surface area contributed by atoms with E-state index < -0.39 is 11.9 Å². The van der Waals surface area contributed by atoms with Gasteiger partial charge in [-0.3, -0.25) is 4.79 Å². The molecule has 0 unspecified atom stereocenters. The SMILES string of the molecule is CON=C(CC(=O)OC)C(=O)OC. The minimum atomic E-state index is -0.716. The van der Waals surface area contributed by atoms with Crippen molar-refractivity contribution in [3.63, 3.8) is 0 Å². The van der Waals surface area contributed by atoms with Gasteiger partial charge in [-0.15, -0.1) is 0 Å². The molecule has 0 radical (unpaired) electrons. The Labute approximate surface area is 75.4 Å². The van der Waals surface area contributed by atoms with Crippen LogP contribution in [0.2, 0.25) is 0 Å². The van der Waals surface area contributed by atoms with Crippen molar-refractivity contribution in [1.29, 1.82) is 0 Å². The number of esters is 2. The molecule has 0 aliphatic carbocycles. The molecule has 0 aromatic heterocycles. The van der Waals surface area contributed by atoms with E-state index in [0.29, 0.717) is 0 Å². The number of carbonyl (C=O) groups is 2. The molecule has 0 amide bonds. The number of hydrogen-bond acceptors (Lipinski definition) is 6. The van der Waals surface area contributed by atoms with Crippen LogP contribution < -0.4 is 0 Å². The predicted octanol–water partition coefficient (Wildman–Crippen LogP) is -0.275. The van der Waals surface area contributed by atoms with Crippen molar-refractivity contribution in [2.45, 2.75) is 6.42 Å². The average Bonchev–Trinajstić information content (AvgIpc) is 2.15. The fraction of sp³-hybridized carbons (Fsp3) is 0.571. The summed E-state index contributed by atoms with van der Waals surface area (Å²) < 4.78 is 8.69. The predicted molar refractivity (Wildman–Crippen MR) is 43.1 cm³/mol. The van der Waals surface area contributed by atoms with Gasteiger partial charge in [-0.2, -0.15) is 0 Å². The molecule has 0 atom stereocenters. The lowest BCUT2D eigenvalue weighted by Gasteiger charge is -2.01. The van der Waals surface area contributed by atoms with Gasteiger partial charge in [0.15, 0.2) is 5.71 Å². The molecule has 0 aliphatic heterocycles. The lowest BCUT2D eigenvalue weighted by Crippen LogP contribution is -2.20. The maximum absolute atomic E-state index is 10.9. The number of rotatable bonds is 4. The van der Waals surface area contributed by atoms with Gasteiger partial charge in [-0.25, -0.2) is 4.79 Å². The molecule has 6 heteroatoms. The molecule has 6 nitrogen and oxygen atoms in total. The van der Waals surface area contributed by atoms with Crippen molar-refractivity contribution < 1.29 is 23.9 Å². The second-order valence-corrected chi connectivity index (χ2v) is 1.97. The minimum absolute atomic E-state index is 0.128. The van der Waals surface area contributed by atoms with Crippen molar-refractivity contribution in [2.75, 3.05) is 21.3 Å². The van der Waals surface area contributed by atoms with Crippen molar-refractivity contribution >= 4 is 17.7 Å². The van der Waals surface area contributed by atoms with E-state index in [2.05, 4.69) is 19.5 Å². The summed E-state index contributed by atoms with van der Waals surface area (Å²) in [6.45, 7) is 0. The number of ether oxygens (including phenoxy) is 2. The van der Waals surface area contributed by atoms with E-state index in [9.17, 15) is 9.59 Å². The van der Waals surface area contributed by atoms with Crippen LogP contribution in [0.4, 0.5) is 0 Å². The summed E-state index contributed by atoms with van der Waals surface area (Å²) in [7, 11) is 3.66. The second kappa shape index (κ2) is 5.99. The Balaban J connectivity index is 4.36. The molecule has 0 aromatic rings. The molecular formula is C7H11NO5. The van der Waals surface area contributed by atoms with Crippen molar-refractivity contribution in [1.82, 2.24) is 0 Å². The number of nitrogens with zero attached hydrogens (tertiary/aromatic N) is 1. The Hall–Kier alpha value is -1.59. The van der Waals surface area contributed by atoms with Crippen molar-refractivity contribution in [3.8, 4) is 0 Å². The summed E-state index contributed by atoms with van der Waals surface area (Å²) in [6.07, 6.45) is -0.267. The van der Waals surface area contributed by atoms with Crippen LogP contribution in [0.5, 0.6) is 0 Å². The van der Waals surface area contributed by atoms with Crippen LogP contribution in [0.3, 0.4) is 0 Å². The van der Waals surface area contributed by atoms with E-state index >= 15 is 0 Å². The first-order valence-corrected chi connectivity index (χ1v) is 3.40. The van der Waals surface area contributed by atoms with E-state index in [1.54, 1.807) is 0 Å². The molecule has 0 saturated carbocycles. The Morgan fingerprint density at radius 3 is 2.15 bits per heavy atom. The first-order valence-electron chi connectivity index (χ1n) is 3.40. The van der Waals surface area contributed by atoms with Crippen molar-refractivity contribution in [3.05, 3.63) is 0 Å². The zero-order valence-corrected chi connectivity index (χ0v) is 7.70. The Morgan fingerprint density at radius 1 is 1.15 bits per heavy atom. The monoisotopic (exact) mass is 189 g/mol. The van der Waals surface area contributed by atoms with Crippen LogP contribution >= 0.6 is 0 Å². The normalized spacial score (nSPS) is 10.5. The number of carbonyl (C=O) groups excluding carboxylic acids is 2. The minimum Gasteiger partial charge on any atom is -0.469 e. The third kappa shape index (κ3) is 4.09. The zero-order valence-electron chi connectivity index (χ0n) is 7.70. The standard InChI is InChI=1S/C7H11NO5/c1-11-6(9)4-5(8-13-3)7(10)12-2/h4H2,1-3H3. The van der Waals surface area contributed by atoms with Gasteiger partial charge in [0.2, 0.25) is 0 Å². The van der Waals surface area contributed by atoms with Gasteiger partial charge in [0.05, 0.1) is 20.6 Å². The lowest BCUT2D eigenvalue weighted by atomic mass is 10.3. The molecule has 74 valence electrons. The molecular weight excluding hydrogens is 178 g/mol. The maximum atomic E-state index is 10.9. The van der Waals surface area contributed by atoms with Crippen LogP contribution in [0, 0.1) is 0 Å². The molecule has 0 saturated heterocycles. The van der Waals surface area contributed by atoms with Gasteiger partial charge in [-0.1, -0.05) is 5.16 Å². The lowest BCUT2D eigenvalue weighted by molar-refractivity contribution is -0.140. The molecule has 0 bridgehead atoms. The number of oxime groups is 1. The summed E-state index contributed by atoms with van der Waals surface area (Å²) in [6, 6.07) is 0. The highest BCUT2D eigenvalue weighted by molar-refractivity contribution is 6.39. The summed E-state index contributed by atoms with van der Waals surface area (Å²) in [5, 5.41) is 3.32. The summed E-state index contributed by atoms with van der Waals surface area (Å²) in [5.74, 6) is -1.30. The molecule has 0 aromatic carbocycles. The van der Waals surface area contributed by atoms with E-state index in [1.165, 1.54) is 21.3 Å². The molecule has 0 spiro atoms. The molecule has 0 aliphatic rings. The van der Waals surface area contributed by atoms with Crippen molar-refractivity contribution in [2.24, 2.45) is 5.16 Å².